The van der Waals surface area contributed by atoms with E-state index in [2.05, 4.69) is 0 Å². The third kappa shape index (κ3) is 3.37. The Labute approximate surface area is 181 Å². The number of carbonyl (C=O) groups is 2. The molecule has 1 aliphatic rings. The van der Waals surface area contributed by atoms with Gasteiger partial charge in [0.1, 0.15) is 40.7 Å². The number of hydrogen-bond donors (Lipinski definition) is 1. The number of amides is 1. The summed E-state index contributed by atoms with van der Waals surface area (Å²) in [5.74, 6) is -3.95. The minimum absolute atomic E-state index is 0.0660. The molecule has 1 fully saturated rings. The summed E-state index contributed by atoms with van der Waals surface area (Å²) in [7, 11) is 2.78. The second kappa shape index (κ2) is 8.18. The second-order valence-electron chi connectivity index (χ2n) is 6.85. The summed E-state index contributed by atoms with van der Waals surface area (Å²) in [6.45, 7) is 0. The molecule has 2 aromatic carbocycles. The molecule has 32 heavy (non-hydrogen) atoms. The molecule has 9 heteroatoms. The first-order valence-electron chi connectivity index (χ1n) is 9.39. The van der Waals surface area contributed by atoms with Crippen molar-refractivity contribution >= 4 is 23.1 Å². The smallest absolute Gasteiger partial charge is 0.300 e. The molecule has 0 radical (unpaired) electrons. The Bertz CT molecular complexity index is 1240. The van der Waals surface area contributed by atoms with Crippen molar-refractivity contribution in [2.75, 3.05) is 19.1 Å². The number of nitrogens with zero attached hydrogens (tertiary/aromatic N) is 1. The fourth-order valence-electron chi connectivity index (χ4n) is 3.61. The van der Waals surface area contributed by atoms with Crippen LogP contribution in [0.5, 0.6) is 11.5 Å². The number of aliphatic hydroxyl groups is 1. The number of hydrogen-bond acceptors (Lipinski definition) is 6. The zero-order chi connectivity index (χ0) is 23.0. The SMILES string of the molecule is COc1ccc(OC)c(/C(O)=C2/C(=O)C(=O)N(c3cc(F)ccc3F)C2c2ccco2)c1. The molecule has 0 aliphatic carbocycles. The summed E-state index contributed by atoms with van der Waals surface area (Å²) >= 11 is 0. The lowest BCUT2D eigenvalue weighted by molar-refractivity contribution is -0.132. The number of Topliss-reactive ketones (excluding diaryl/α,β-unsaturated/α-hetero) is 1. The van der Waals surface area contributed by atoms with E-state index in [4.69, 9.17) is 13.9 Å². The monoisotopic (exact) mass is 441 g/mol. The minimum atomic E-state index is -1.35. The average molecular weight is 441 g/mol. The Kier molecular flexibility index (Phi) is 5.40. The molecular formula is C23H17F2NO6. The van der Waals surface area contributed by atoms with Crippen molar-refractivity contribution < 1.29 is 37.4 Å². The Morgan fingerprint density at radius 2 is 1.84 bits per heavy atom. The van der Waals surface area contributed by atoms with Gasteiger partial charge >= 0.3 is 0 Å². The van der Waals surface area contributed by atoms with Crippen molar-refractivity contribution in [1.82, 2.24) is 0 Å². The summed E-state index contributed by atoms with van der Waals surface area (Å²) in [6.07, 6.45) is 1.30. The van der Waals surface area contributed by atoms with E-state index in [1.54, 1.807) is 6.07 Å². The van der Waals surface area contributed by atoms with Gasteiger partial charge in [0, 0.05) is 6.07 Å². The molecule has 7 nitrogen and oxygen atoms in total. The number of methoxy groups -OCH3 is 2. The van der Waals surface area contributed by atoms with Crippen molar-refractivity contribution in [3.05, 3.63) is 83.3 Å². The number of halogens is 2. The van der Waals surface area contributed by atoms with E-state index < -0.39 is 40.8 Å². The van der Waals surface area contributed by atoms with Gasteiger partial charge in [-0.1, -0.05) is 0 Å². The molecule has 1 amide bonds. The van der Waals surface area contributed by atoms with Gasteiger partial charge in [0.25, 0.3) is 11.7 Å². The zero-order valence-electron chi connectivity index (χ0n) is 17.0. The zero-order valence-corrected chi connectivity index (χ0v) is 17.0. The van der Waals surface area contributed by atoms with Gasteiger partial charge in [-0.2, -0.15) is 0 Å². The van der Waals surface area contributed by atoms with Gasteiger partial charge in [-0.15, -0.1) is 0 Å². The van der Waals surface area contributed by atoms with Gasteiger partial charge in [-0.05, 0) is 42.5 Å². The standard InChI is InChI=1S/C23H17F2NO6/c1-30-13-6-8-17(31-2)14(11-13)21(27)19-20(18-4-3-9-32-18)26(23(29)22(19)28)16-10-12(24)5-7-15(16)25/h3-11,20,27H,1-2H3/b21-19-. The maximum Gasteiger partial charge on any atom is 0.300 e. The van der Waals surface area contributed by atoms with Crippen LogP contribution in [0.1, 0.15) is 17.4 Å². The molecule has 0 spiro atoms. The Morgan fingerprint density at radius 1 is 1.06 bits per heavy atom. The van der Waals surface area contributed by atoms with Gasteiger partial charge in [-0.3, -0.25) is 14.5 Å². The van der Waals surface area contributed by atoms with Crippen LogP contribution in [-0.4, -0.2) is 31.0 Å². The van der Waals surface area contributed by atoms with E-state index in [1.165, 1.54) is 44.7 Å². The van der Waals surface area contributed by atoms with Gasteiger partial charge < -0.3 is 19.0 Å². The molecule has 1 aliphatic heterocycles. The summed E-state index contributed by atoms with van der Waals surface area (Å²) < 4.78 is 44.3. The fourth-order valence-corrected chi connectivity index (χ4v) is 3.61. The molecule has 0 bridgehead atoms. The van der Waals surface area contributed by atoms with E-state index in [-0.39, 0.29) is 22.6 Å². The van der Waals surface area contributed by atoms with Crippen LogP contribution >= 0.6 is 0 Å². The van der Waals surface area contributed by atoms with Crippen LogP contribution in [0.15, 0.2) is 64.8 Å². The number of anilines is 1. The quantitative estimate of drug-likeness (QED) is 0.363. The highest BCUT2D eigenvalue weighted by Gasteiger charge is 2.49. The first-order valence-corrected chi connectivity index (χ1v) is 9.39. The number of carbonyl (C=O) groups excluding carboxylic acids is 2. The minimum Gasteiger partial charge on any atom is -0.507 e. The van der Waals surface area contributed by atoms with Crippen LogP contribution in [-0.2, 0) is 9.59 Å². The maximum absolute atomic E-state index is 14.6. The number of aliphatic hydroxyl groups excluding tert-OH is 1. The second-order valence-corrected chi connectivity index (χ2v) is 6.85. The molecule has 1 atom stereocenters. The third-order valence-electron chi connectivity index (χ3n) is 5.09. The first kappa shape index (κ1) is 21.1. The summed E-state index contributed by atoms with van der Waals surface area (Å²) in [6, 6.07) is 8.65. The molecule has 0 saturated carbocycles. The van der Waals surface area contributed by atoms with Crippen LogP contribution in [0.4, 0.5) is 14.5 Å². The predicted molar refractivity (Wildman–Crippen MR) is 109 cm³/mol. The van der Waals surface area contributed by atoms with Crippen LogP contribution in [0.3, 0.4) is 0 Å². The van der Waals surface area contributed by atoms with Crippen molar-refractivity contribution in [3.63, 3.8) is 0 Å². The largest absolute Gasteiger partial charge is 0.507 e. The molecule has 1 unspecified atom stereocenters. The van der Waals surface area contributed by atoms with E-state index in [0.29, 0.717) is 5.75 Å². The Balaban J connectivity index is 1.99. The molecule has 1 saturated heterocycles. The highest BCUT2D eigenvalue weighted by molar-refractivity contribution is 6.51. The van der Waals surface area contributed by atoms with E-state index in [1.807, 2.05) is 0 Å². The predicted octanol–water partition coefficient (Wildman–Crippen LogP) is 4.20. The summed E-state index contributed by atoms with van der Waals surface area (Å²) in [4.78, 5) is 26.7. The Morgan fingerprint density at radius 3 is 2.50 bits per heavy atom. The average Bonchev–Trinajstić information content (AvgIpc) is 3.41. The van der Waals surface area contributed by atoms with Crippen LogP contribution < -0.4 is 14.4 Å². The molecule has 3 aromatic rings. The molecule has 1 N–H and O–H groups in total. The number of furan rings is 1. The van der Waals surface area contributed by atoms with Gasteiger partial charge in [-0.25, -0.2) is 8.78 Å². The maximum atomic E-state index is 14.6. The van der Waals surface area contributed by atoms with E-state index >= 15 is 0 Å². The number of ether oxygens (including phenoxy) is 2. The summed E-state index contributed by atoms with van der Waals surface area (Å²) in [5, 5.41) is 11.1. The van der Waals surface area contributed by atoms with Gasteiger partial charge in [0.2, 0.25) is 0 Å². The molecule has 4 rings (SSSR count). The lowest BCUT2D eigenvalue weighted by Gasteiger charge is -2.24. The van der Waals surface area contributed by atoms with Crippen molar-refractivity contribution in [2.45, 2.75) is 6.04 Å². The molecule has 2 heterocycles. The molecular weight excluding hydrogens is 424 g/mol. The fraction of sp³-hybridized carbons (Fsp3) is 0.130. The lowest BCUT2D eigenvalue weighted by atomic mass is 9.98. The first-order chi connectivity index (χ1) is 15.4. The van der Waals surface area contributed by atoms with Gasteiger partial charge in [0.05, 0.1) is 37.3 Å². The van der Waals surface area contributed by atoms with Gasteiger partial charge in [0.15, 0.2) is 0 Å². The van der Waals surface area contributed by atoms with Crippen molar-refractivity contribution in [3.8, 4) is 11.5 Å². The molecule has 1 aromatic heterocycles. The Hall–Kier alpha value is -4.14. The molecule has 164 valence electrons. The summed E-state index contributed by atoms with van der Waals surface area (Å²) in [5.41, 5.74) is -0.772. The lowest BCUT2D eigenvalue weighted by Crippen LogP contribution is -2.30. The van der Waals surface area contributed by atoms with E-state index in [9.17, 15) is 23.5 Å². The number of rotatable bonds is 5. The number of benzene rings is 2. The van der Waals surface area contributed by atoms with Crippen LogP contribution in [0.25, 0.3) is 5.76 Å². The normalized spacial score (nSPS) is 17.6. The van der Waals surface area contributed by atoms with Crippen molar-refractivity contribution in [2.24, 2.45) is 0 Å². The third-order valence-corrected chi connectivity index (χ3v) is 5.09. The topological polar surface area (TPSA) is 89.2 Å². The van der Waals surface area contributed by atoms with Crippen molar-refractivity contribution in [1.29, 1.82) is 0 Å². The van der Waals surface area contributed by atoms with Crippen LogP contribution in [0.2, 0.25) is 0 Å². The number of ketones is 1. The highest BCUT2D eigenvalue weighted by Crippen LogP contribution is 2.44. The van der Waals surface area contributed by atoms with Crippen LogP contribution in [0, 0.1) is 11.6 Å². The van der Waals surface area contributed by atoms with E-state index in [0.717, 1.165) is 23.1 Å². The highest BCUT2D eigenvalue weighted by atomic mass is 19.1.